The Balaban J connectivity index is 1.92. The third kappa shape index (κ3) is 1.78. The first kappa shape index (κ1) is 10.6. The molecule has 2 unspecified atom stereocenters. The van der Waals surface area contributed by atoms with E-state index in [1.54, 1.807) is 0 Å². The van der Waals surface area contributed by atoms with Gasteiger partial charge in [0.2, 0.25) is 0 Å². The summed E-state index contributed by atoms with van der Waals surface area (Å²) in [6.45, 7) is 0. The molecule has 2 aromatic rings. The molecule has 1 fully saturated rings. The highest BCUT2D eigenvalue weighted by Crippen LogP contribution is 2.25. The maximum absolute atomic E-state index is 6.01. The van der Waals surface area contributed by atoms with E-state index in [2.05, 4.69) is 4.98 Å². The number of hydrogen-bond donors (Lipinski definition) is 1. The maximum atomic E-state index is 6.01. The van der Waals surface area contributed by atoms with Gasteiger partial charge in [-0.05, 0) is 31.4 Å². The van der Waals surface area contributed by atoms with Crippen LogP contribution < -0.4 is 10.5 Å². The van der Waals surface area contributed by atoms with Gasteiger partial charge in [0.1, 0.15) is 6.10 Å². The van der Waals surface area contributed by atoms with Gasteiger partial charge in [-0.3, -0.25) is 4.57 Å². The lowest BCUT2D eigenvalue weighted by Crippen LogP contribution is -2.34. The molecule has 1 aliphatic rings. The Morgan fingerprint density at radius 2 is 2.18 bits per heavy atom. The molecule has 17 heavy (non-hydrogen) atoms. The molecule has 1 heterocycles. The molecule has 4 nitrogen and oxygen atoms in total. The summed E-state index contributed by atoms with van der Waals surface area (Å²) < 4.78 is 7.92. The number of para-hydroxylation sites is 2. The maximum Gasteiger partial charge on any atom is 0.297 e. The Labute approximate surface area is 100 Å². The lowest BCUT2D eigenvalue weighted by Gasteiger charge is -2.16. The summed E-state index contributed by atoms with van der Waals surface area (Å²) in [5, 5.41) is 0. The van der Waals surface area contributed by atoms with E-state index >= 15 is 0 Å². The molecule has 3 rings (SSSR count). The van der Waals surface area contributed by atoms with Gasteiger partial charge in [-0.1, -0.05) is 12.1 Å². The van der Waals surface area contributed by atoms with Crippen molar-refractivity contribution in [2.45, 2.75) is 31.4 Å². The molecule has 1 saturated carbocycles. The third-order valence-electron chi connectivity index (χ3n) is 3.51. The zero-order chi connectivity index (χ0) is 11.8. The van der Waals surface area contributed by atoms with Gasteiger partial charge in [0.05, 0.1) is 11.0 Å². The predicted molar refractivity (Wildman–Crippen MR) is 67.0 cm³/mol. The molecule has 2 N–H and O–H groups in total. The third-order valence-corrected chi connectivity index (χ3v) is 3.51. The molecule has 90 valence electrons. The standard InChI is InChI=1S/C13H17N3O/c1-16-11-7-3-2-6-10(11)15-13(16)17-12-8-4-5-9(12)14/h2-3,6-7,9,12H,4-5,8,14H2,1H3. The van der Waals surface area contributed by atoms with Crippen LogP contribution in [0.15, 0.2) is 24.3 Å². The van der Waals surface area contributed by atoms with Gasteiger partial charge in [-0.15, -0.1) is 0 Å². The van der Waals surface area contributed by atoms with Gasteiger partial charge in [0.15, 0.2) is 0 Å². The smallest absolute Gasteiger partial charge is 0.297 e. The largest absolute Gasteiger partial charge is 0.460 e. The Bertz CT molecular complexity index is 534. The molecule has 1 aromatic carbocycles. The summed E-state index contributed by atoms with van der Waals surface area (Å²) in [4.78, 5) is 4.50. The van der Waals surface area contributed by atoms with Crippen LogP contribution in [-0.4, -0.2) is 21.7 Å². The van der Waals surface area contributed by atoms with Crippen LogP contribution in [0.3, 0.4) is 0 Å². The Morgan fingerprint density at radius 1 is 1.35 bits per heavy atom. The van der Waals surface area contributed by atoms with E-state index in [-0.39, 0.29) is 12.1 Å². The molecule has 1 aliphatic carbocycles. The van der Waals surface area contributed by atoms with Crippen LogP contribution in [0.5, 0.6) is 6.01 Å². The molecule has 0 bridgehead atoms. The fraction of sp³-hybridized carbons (Fsp3) is 0.462. The van der Waals surface area contributed by atoms with Gasteiger partial charge < -0.3 is 10.5 Å². The second-order valence-corrected chi connectivity index (χ2v) is 4.69. The zero-order valence-corrected chi connectivity index (χ0v) is 9.97. The van der Waals surface area contributed by atoms with Crippen LogP contribution in [-0.2, 0) is 7.05 Å². The average molecular weight is 231 g/mol. The van der Waals surface area contributed by atoms with E-state index < -0.39 is 0 Å². The highest BCUT2D eigenvalue weighted by atomic mass is 16.5. The number of benzene rings is 1. The number of fused-ring (bicyclic) bond motifs is 1. The van der Waals surface area contributed by atoms with E-state index in [1.165, 1.54) is 0 Å². The highest BCUT2D eigenvalue weighted by Gasteiger charge is 2.27. The van der Waals surface area contributed by atoms with E-state index in [0.717, 1.165) is 30.3 Å². The van der Waals surface area contributed by atoms with Crippen molar-refractivity contribution >= 4 is 11.0 Å². The molecule has 0 radical (unpaired) electrons. The molecule has 0 saturated heterocycles. The van der Waals surface area contributed by atoms with E-state index in [1.807, 2.05) is 35.9 Å². The number of aromatic nitrogens is 2. The van der Waals surface area contributed by atoms with Crippen LogP contribution in [0.1, 0.15) is 19.3 Å². The highest BCUT2D eigenvalue weighted by molar-refractivity contribution is 5.76. The fourth-order valence-electron chi connectivity index (χ4n) is 2.47. The number of imidazole rings is 1. The van der Waals surface area contributed by atoms with Crippen molar-refractivity contribution in [2.75, 3.05) is 0 Å². The molecule has 1 aromatic heterocycles. The van der Waals surface area contributed by atoms with E-state index in [0.29, 0.717) is 6.01 Å². The van der Waals surface area contributed by atoms with E-state index in [4.69, 9.17) is 10.5 Å². The van der Waals surface area contributed by atoms with Crippen molar-refractivity contribution in [3.63, 3.8) is 0 Å². The first-order chi connectivity index (χ1) is 8.25. The lowest BCUT2D eigenvalue weighted by molar-refractivity contribution is 0.171. The van der Waals surface area contributed by atoms with Crippen LogP contribution >= 0.6 is 0 Å². The summed E-state index contributed by atoms with van der Waals surface area (Å²) in [7, 11) is 1.98. The number of nitrogens with zero attached hydrogens (tertiary/aromatic N) is 2. The molecule has 0 spiro atoms. The molecule has 4 heteroatoms. The van der Waals surface area contributed by atoms with Gasteiger partial charge >= 0.3 is 0 Å². The van der Waals surface area contributed by atoms with Crippen molar-refractivity contribution in [1.29, 1.82) is 0 Å². The summed E-state index contributed by atoms with van der Waals surface area (Å²) in [6.07, 6.45) is 3.35. The zero-order valence-electron chi connectivity index (χ0n) is 9.97. The topological polar surface area (TPSA) is 53.1 Å². The van der Waals surface area contributed by atoms with Crippen molar-refractivity contribution in [2.24, 2.45) is 12.8 Å². The monoisotopic (exact) mass is 231 g/mol. The fourth-order valence-corrected chi connectivity index (χ4v) is 2.47. The number of aryl methyl sites for hydroxylation is 1. The lowest BCUT2D eigenvalue weighted by atomic mass is 10.2. The van der Waals surface area contributed by atoms with Crippen molar-refractivity contribution in [1.82, 2.24) is 9.55 Å². The number of ether oxygens (including phenoxy) is 1. The predicted octanol–water partition coefficient (Wildman–Crippen LogP) is 1.83. The number of nitrogens with two attached hydrogens (primary N) is 1. The molecular formula is C13H17N3O. The van der Waals surface area contributed by atoms with Gasteiger partial charge in [0, 0.05) is 13.1 Å². The summed E-state index contributed by atoms with van der Waals surface area (Å²) in [5.41, 5.74) is 8.07. The second-order valence-electron chi connectivity index (χ2n) is 4.69. The van der Waals surface area contributed by atoms with Crippen molar-refractivity contribution in [3.8, 4) is 6.01 Å². The summed E-state index contributed by atoms with van der Waals surface area (Å²) >= 11 is 0. The minimum atomic E-state index is 0.116. The van der Waals surface area contributed by atoms with Crippen LogP contribution in [0.2, 0.25) is 0 Å². The van der Waals surface area contributed by atoms with Crippen LogP contribution in [0.4, 0.5) is 0 Å². The Hall–Kier alpha value is -1.55. The normalized spacial score (nSPS) is 24.4. The van der Waals surface area contributed by atoms with Crippen LogP contribution in [0, 0.1) is 0 Å². The van der Waals surface area contributed by atoms with Gasteiger partial charge in [-0.2, -0.15) is 4.98 Å². The minimum Gasteiger partial charge on any atom is -0.460 e. The van der Waals surface area contributed by atoms with Crippen LogP contribution in [0.25, 0.3) is 11.0 Å². The quantitative estimate of drug-likeness (QED) is 0.858. The summed E-state index contributed by atoms with van der Waals surface area (Å²) in [5.74, 6) is 0. The number of hydrogen-bond acceptors (Lipinski definition) is 3. The van der Waals surface area contributed by atoms with Gasteiger partial charge in [-0.25, -0.2) is 0 Å². The first-order valence-electron chi connectivity index (χ1n) is 6.09. The average Bonchev–Trinajstić information content (AvgIpc) is 2.87. The first-order valence-corrected chi connectivity index (χ1v) is 6.09. The molecule has 2 atom stereocenters. The minimum absolute atomic E-state index is 0.116. The van der Waals surface area contributed by atoms with Crippen molar-refractivity contribution < 1.29 is 4.74 Å². The van der Waals surface area contributed by atoms with Crippen molar-refractivity contribution in [3.05, 3.63) is 24.3 Å². The molecule has 0 amide bonds. The molecular weight excluding hydrogens is 214 g/mol. The SMILES string of the molecule is Cn1c(OC2CCCC2N)nc2ccccc21. The second kappa shape index (κ2) is 4.04. The number of rotatable bonds is 2. The Morgan fingerprint density at radius 3 is 2.88 bits per heavy atom. The van der Waals surface area contributed by atoms with Gasteiger partial charge in [0.25, 0.3) is 6.01 Å². The van der Waals surface area contributed by atoms with E-state index in [9.17, 15) is 0 Å². The molecule has 0 aliphatic heterocycles. The Kier molecular flexibility index (Phi) is 2.52. The summed E-state index contributed by atoms with van der Waals surface area (Å²) in [6, 6.07) is 8.86.